The predicted molar refractivity (Wildman–Crippen MR) is 108 cm³/mol. The molecule has 136 valence electrons. The van der Waals surface area contributed by atoms with Crippen LogP contribution in [0.2, 0.25) is 0 Å². The Morgan fingerprint density at radius 2 is 1.74 bits per heavy atom. The Labute approximate surface area is 157 Å². The van der Waals surface area contributed by atoms with Crippen molar-refractivity contribution in [3.8, 4) is 0 Å². The molecular formula is C22H20N2O3. The normalized spacial score (nSPS) is 11.3. The van der Waals surface area contributed by atoms with Crippen LogP contribution < -0.4 is 11.1 Å². The molecule has 0 saturated heterocycles. The van der Waals surface area contributed by atoms with E-state index >= 15 is 0 Å². The van der Waals surface area contributed by atoms with E-state index in [1.165, 1.54) is 25.3 Å². The predicted octanol–water partition coefficient (Wildman–Crippen LogP) is 4.25. The average Bonchev–Trinajstić information content (AvgIpc) is 2.67. The summed E-state index contributed by atoms with van der Waals surface area (Å²) < 4.78 is 4.74. The zero-order valence-corrected chi connectivity index (χ0v) is 15.2. The van der Waals surface area contributed by atoms with E-state index in [9.17, 15) is 9.59 Å². The first-order valence-corrected chi connectivity index (χ1v) is 8.44. The standard InChI is InChI=1S/C22H20N2O3/c1-14(16-8-7-15-5-3-4-6-17(15)12-16)11-21(25)24-20-13-18(23)9-10-19(20)22(26)27-2/h3-13H,23H2,1-2H3,(H,24,25)/b14-11-. The van der Waals surface area contributed by atoms with Gasteiger partial charge >= 0.3 is 5.97 Å². The van der Waals surface area contributed by atoms with Crippen molar-refractivity contribution >= 4 is 39.6 Å². The summed E-state index contributed by atoms with van der Waals surface area (Å²) in [6, 6.07) is 18.7. The van der Waals surface area contributed by atoms with Crippen molar-refractivity contribution in [2.45, 2.75) is 6.92 Å². The second-order valence-corrected chi connectivity index (χ2v) is 6.18. The van der Waals surface area contributed by atoms with Gasteiger partial charge in [-0.25, -0.2) is 4.79 Å². The molecule has 0 aliphatic rings. The van der Waals surface area contributed by atoms with E-state index in [1.54, 1.807) is 6.07 Å². The van der Waals surface area contributed by atoms with Crippen molar-refractivity contribution in [2.24, 2.45) is 0 Å². The lowest BCUT2D eigenvalue weighted by Gasteiger charge is -2.10. The van der Waals surface area contributed by atoms with E-state index in [0.29, 0.717) is 11.4 Å². The van der Waals surface area contributed by atoms with Crippen LogP contribution in [0.1, 0.15) is 22.8 Å². The minimum Gasteiger partial charge on any atom is -0.465 e. The highest BCUT2D eigenvalue weighted by molar-refractivity contribution is 6.08. The number of nitrogens with two attached hydrogens (primary N) is 1. The van der Waals surface area contributed by atoms with Crippen molar-refractivity contribution in [2.75, 3.05) is 18.2 Å². The third kappa shape index (κ3) is 4.15. The van der Waals surface area contributed by atoms with Crippen LogP contribution in [0.5, 0.6) is 0 Å². The SMILES string of the molecule is COC(=O)c1ccc(N)cc1NC(=O)/C=C(/C)c1ccc2ccccc2c1. The summed E-state index contributed by atoms with van der Waals surface area (Å²) in [4.78, 5) is 24.3. The molecule has 3 rings (SSSR count). The molecule has 0 unspecified atom stereocenters. The number of benzene rings is 3. The minimum atomic E-state index is -0.541. The van der Waals surface area contributed by atoms with Gasteiger partial charge in [0.2, 0.25) is 5.91 Å². The number of amides is 1. The number of fused-ring (bicyclic) bond motifs is 1. The molecule has 0 spiro atoms. The zero-order valence-electron chi connectivity index (χ0n) is 15.2. The van der Waals surface area contributed by atoms with Crippen LogP contribution >= 0.6 is 0 Å². The molecule has 3 N–H and O–H groups in total. The van der Waals surface area contributed by atoms with Gasteiger partial charge in [-0.15, -0.1) is 0 Å². The van der Waals surface area contributed by atoms with Gasteiger partial charge in [-0.3, -0.25) is 4.79 Å². The second kappa shape index (κ2) is 7.74. The first-order valence-electron chi connectivity index (χ1n) is 8.44. The fourth-order valence-electron chi connectivity index (χ4n) is 2.84. The van der Waals surface area contributed by atoms with E-state index in [2.05, 4.69) is 5.32 Å². The zero-order chi connectivity index (χ0) is 19.4. The Morgan fingerprint density at radius 3 is 2.48 bits per heavy atom. The van der Waals surface area contributed by atoms with Gasteiger partial charge in [0.15, 0.2) is 0 Å². The van der Waals surface area contributed by atoms with Gasteiger partial charge in [0, 0.05) is 11.8 Å². The van der Waals surface area contributed by atoms with E-state index in [0.717, 1.165) is 21.9 Å². The summed E-state index contributed by atoms with van der Waals surface area (Å²) in [7, 11) is 1.29. The Hall–Kier alpha value is -3.60. The number of nitrogen functional groups attached to an aromatic ring is 1. The molecule has 0 aromatic heterocycles. The summed E-state index contributed by atoms with van der Waals surface area (Å²) >= 11 is 0. The first-order chi connectivity index (χ1) is 13.0. The van der Waals surface area contributed by atoms with Crippen molar-refractivity contribution < 1.29 is 14.3 Å². The number of carbonyl (C=O) groups excluding carboxylic acids is 2. The highest BCUT2D eigenvalue weighted by Gasteiger charge is 2.14. The van der Waals surface area contributed by atoms with Crippen LogP contribution in [0, 0.1) is 0 Å². The fraction of sp³-hybridized carbons (Fsp3) is 0.0909. The van der Waals surface area contributed by atoms with E-state index in [1.807, 2.05) is 49.4 Å². The largest absolute Gasteiger partial charge is 0.465 e. The molecule has 27 heavy (non-hydrogen) atoms. The third-order valence-electron chi connectivity index (χ3n) is 4.26. The number of rotatable bonds is 4. The van der Waals surface area contributed by atoms with Crippen molar-refractivity contribution in [1.82, 2.24) is 0 Å². The molecule has 0 aliphatic heterocycles. The van der Waals surface area contributed by atoms with Gasteiger partial charge in [0.1, 0.15) is 0 Å². The maximum absolute atomic E-state index is 12.5. The monoisotopic (exact) mass is 360 g/mol. The summed E-state index contributed by atoms with van der Waals surface area (Å²) in [6.45, 7) is 1.87. The second-order valence-electron chi connectivity index (χ2n) is 6.18. The number of anilines is 2. The molecule has 0 bridgehead atoms. The minimum absolute atomic E-state index is 0.247. The maximum atomic E-state index is 12.5. The smallest absolute Gasteiger partial charge is 0.339 e. The van der Waals surface area contributed by atoms with Crippen LogP contribution in [-0.4, -0.2) is 19.0 Å². The van der Waals surface area contributed by atoms with E-state index in [4.69, 9.17) is 10.5 Å². The number of allylic oxidation sites excluding steroid dienone is 1. The number of hydrogen-bond donors (Lipinski definition) is 2. The molecule has 3 aromatic rings. The lowest BCUT2D eigenvalue weighted by molar-refractivity contribution is -0.111. The van der Waals surface area contributed by atoms with E-state index < -0.39 is 5.97 Å². The molecule has 0 aliphatic carbocycles. The van der Waals surface area contributed by atoms with E-state index in [-0.39, 0.29) is 11.5 Å². The van der Waals surface area contributed by atoms with Gasteiger partial charge in [-0.2, -0.15) is 0 Å². The number of ether oxygens (including phenoxy) is 1. The summed E-state index contributed by atoms with van der Waals surface area (Å²) in [5.41, 5.74) is 8.53. The number of hydrogen-bond acceptors (Lipinski definition) is 4. The molecule has 0 saturated carbocycles. The lowest BCUT2D eigenvalue weighted by atomic mass is 10.0. The quantitative estimate of drug-likeness (QED) is 0.414. The lowest BCUT2D eigenvalue weighted by Crippen LogP contribution is -2.13. The Bertz CT molecular complexity index is 1050. The molecular weight excluding hydrogens is 340 g/mol. The number of esters is 1. The number of nitrogens with one attached hydrogen (secondary N) is 1. The Balaban J connectivity index is 1.85. The van der Waals surface area contributed by atoms with Gasteiger partial charge in [-0.05, 0) is 53.1 Å². The van der Waals surface area contributed by atoms with Crippen molar-refractivity contribution in [3.05, 3.63) is 77.9 Å². The average molecular weight is 360 g/mol. The number of methoxy groups -OCH3 is 1. The van der Waals surface area contributed by atoms with Gasteiger partial charge in [0.25, 0.3) is 0 Å². The summed E-state index contributed by atoms with van der Waals surface area (Å²) in [5, 5.41) is 4.95. The molecule has 0 fully saturated rings. The highest BCUT2D eigenvalue weighted by atomic mass is 16.5. The Morgan fingerprint density at radius 1 is 1.00 bits per heavy atom. The van der Waals surface area contributed by atoms with Gasteiger partial charge in [0.05, 0.1) is 18.4 Å². The molecule has 5 heteroatoms. The van der Waals surface area contributed by atoms with Crippen LogP contribution in [-0.2, 0) is 9.53 Å². The summed E-state index contributed by atoms with van der Waals surface area (Å²) in [5.74, 6) is -0.892. The van der Waals surface area contributed by atoms with Gasteiger partial charge < -0.3 is 15.8 Å². The molecule has 0 atom stereocenters. The maximum Gasteiger partial charge on any atom is 0.339 e. The van der Waals surface area contributed by atoms with Crippen LogP contribution in [0.4, 0.5) is 11.4 Å². The van der Waals surface area contributed by atoms with Crippen LogP contribution in [0.25, 0.3) is 16.3 Å². The molecule has 1 amide bonds. The van der Waals surface area contributed by atoms with Crippen LogP contribution in [0.3, 0.4) is 0 Å². The third-order valence-corrected chi connectivity index (χ3v) is 4.26. The molecule has 0 heterocycles. The van der Waals surface area contributed by atoms with Gasteiger partial charge in [-0.1, -0.05) is 36.4 Å². The van der Waals surface area contributed by atoms with Crippen LogP contribution in [0.15, 0.2) is 66.7 Å². The molecule has 0 radical (unpaired) electrons. The summed E-state index contributed by atoms with van der Waals surface area (Å²) in [6.07, 6.45) is 1.49. The van der Waals surface area contributed by atoms with Crippen molar-refractivity contribution in [3.63, 3.8) is 0 Å². The topological polar surface area (TPSA) is 81.4 Å². The molecule has 3 aromatic carbocycles. The van der Waals surface area contributed by atoms with Crippen molar-refractivity contribution in [1.29, 1.82) is 0 Å². The number of carbonyl (C=O) groups is 2. The first kappa shape index (κ1) is 18.2. The highest BCUT2D eigenvalue weighted by Crippen LogP contribution is 2.23. The molecule has 5 nitrogen and oxygen atoms in total. The Kier molecular flexibility index (Phi) is 5.22. The fourth-order valence-corrected chi connectivity index (χ4v) is 2.84.